The quantitative estimate of drug-likeness (QED) is 0.777. The molecular weight excluding hydrogens is 262 g/mol. The van der Waals surface area contributed by atoms with E-state index in [1.165, 1.54) is 12.1 Å². The summed E-state index contributed by atoms with van der Waals surface area (Å²) < 4.78 is 31.9. The van der Waals surface area contributed by atoms with Crippen molar-refractivity contribution in [2.24, 2.45) is 0 Å². The van der Waals surface area contributed by atoms with E-state index in [2.05, 4.69) is 10.2 Å². The van der Waals surface area contributed by atoms with Crippen molar-refractivity contribution in [3.05, 3.63) is 35.4 Å². The van der Waals surface area contributed by atoms with Crippen molar-refractivity contribution < 1.29 is 13.5 Å². The molecule has 0 saturated carbocycles. The predicted molar refractivity (Wildman–Crippen MR) is 74.5 cm³/mol. The highest BCUT2D eigenvalue weighted by Gasteiger charge is 2.24. The Labute approximate surface area is 118 Å². The van der Waals surface area contributed by atoms with Gasteiger partial charge in [0.15, 0.2) is 0 Å². The van der Waals surface area contributed by atoms with Crippen molar-refractivity contribution in [2.45, 2.75) is 25.4 Å². The Morgan fingerprint density at radius 3 is 3.05 bits per heavy atom. The molecule has 5 heteroatoms. The number of nitrogens with one attached hydrogen (secondary N) is 1. The lowest BCUT2D eigenvalue weighted by Crippen LogP contribution is -2.38. The lowest BCUT2D eigenvalue weighted by atomic mass is 10.1. The van der Waals surface area contributed by atoms with Crippen LogP contribution in [0, 0.1) is 11.6 Å². The Hall–Kier alpha value is -1.04. The molecule has 1 unspecified atom stereocenters. The molecule has 1 aliphatic heterocycles. The van der Waals surface area contributed by atoms with Crippen LogP contribution in [0.5, 0.6) is 0 Å². The highest BCUT2D eigenvalue weighted by Crippen LogP contribution is 2.21. The number of likely N-dealkylation sites (tertiary alicyclic amines) is 1. The summed E-state index contributed by atoms with van der Waals surface area (Å²) in [4.78, 5) is 2.22. The molecule has 1 aliphatic rings. The molecule has 1 N–H and O–H groups in total. The van der Waals surface area contributed by atoms with Crippen molar-refractivity contribution in [3.63, 3.8) is 0 Å². The van der Waals surface area contributed by atoms with Crippen LogP contribution in [0.25, 0.3) is 0 Å². The van der Waals surface area contributed by atoms with Gasteiger partial charge in [0.1, 0.15) is 11.6 Å². The molecule has 1 aromatic rings. The third-order valence-electron chi connectivity index (χ3n) is 3.74. The largest absolute Gasteiger partial charge is 0.383 e. The van der Waals surface area contributed by atoms with Crippen LogP contribution in [0.4, 0.5) is 8.78 Å². The smallest absolute Gasteiger partial charge is 0.127 e. The number of ether oxygens (including phenoxy) is 1. The molecule has 0 aliphatic carbocycles. The maximum atomic E-state index is 13.7. The summed E-state index contributed by atoms with van der Waals surface area (Å²) in [5.74, 6) is -0.709. The maximum Gasteiger partial charge on any atom is 0.127 e. The van der Waals surface area contributed by atoms with Crippen molar-refractivity contribution in [1.82, 2.24) is 10.2 Å². The summed E-state index contributed by atoms with van der Waals surface area (Å²) in [6, 6.07) is 4.04. The fourth-order valence-electron chi connectivity index (χ4n) is 2.66. The first-order valence-corrected chi connectivity index (χ1v) is 7.08. The first-order valence-electron chi connectivity index (χ1n) is 7.08. The van der Waals surface area contributed by atoms with Gasteiger partial charge in [-0.25, -0.2) is 8.78 Å². The summed E-state index contributed by atoms with van der Waals surface area (Å²) in [5, 5.41) is 3.34. The summed E-state index contributed by atoms with van der Waals surface area (Å²) >= 11 is 0. The van der Waals surface area contributed by atoms with Gasteiger partial charge in [-0.15, -0.1) is 0 Å². The minimum absolute atomic E-state index is 0.329. The first-order chi connectivity index (χ1) is 9.70. The summed E-state index contributed by atoms with van der Waals surface area (Å²) in [6.07, 6.45) is 2.20. The van der Waals surface area contributed by atoms with E-state index in [0.29, 0.717) is 24.8 Å². The lowest BCUT2D eigenvalue weighted by molar-refractivity contribution is 0.190. The van der Waals surface area contributed by atoms with Crippen molar-refractivity contribution >= 4 is 0 Å². The van der Waals surface area contributed by atoms with Crippen LogP contribution in [0.1, 0.15) is 18.4 Å². The number of hydrogen-bond acceptors (Lipinski definition) is 3. The first kappa shape index (κ1) is 15.4. The summed E-state index contributed by atoms with van der Waals surface area (Å²) in [6.45, 7) is 3.77. The zero-order valence-electron chi connectivity index (χ0n) is 11.9. The van der Waals surface area contributed by atoms with Gasteiger partial charge in [0.05, 0.1) is 6.61 Å². The molecule has 1 saturated heterocycles. The van der Waals surface area contributed by atoms with Gasteiger partial charge in [-0.1, -0.05) is 0 Å². The van der Waals surface area contributed by atoms with Crippen LogP contribution in [0.3, 0.4) is 0 Å². The number of halogens is 2. The molecule has 0 spiro atoms. The SMILES string of the molecule is COCCNCC1CCCN1Cc1cc(F)ccc1F. The molecule has 1 aromatic carbocycles. The van der Waals surface area contributed by atoms with E-state index in [0.717, 1.165) is 38.5 Å². The Bertz CT molecular complexity index is 428. The maximum absolute atomic E-state index is 13.7. The van der Waals surface area contributed by atoms with Crippen LogP contribution < -0.4 is 5.32 Å². The van der Waals surface area contributed by atoms with Crippen LogP contribution in [0.15, 0.2) is 18.2 Å². The third kappa shape index (κ3) is 4.23. The molecule has 2 rings (SSSR count). The molecule has 1 fully saturated rings. The Kier molecular flexibility index (Phi) is 5.88. The third-order valence-corrected chi connectivity index (χ3v) is 3.74. The predicted octanol–water partition coefficient (Wildman–Crippen LogP) is 2.17. The van der Waals surface area contributed by atoms with E-state index < -0.39 is 0 Å². The number of methoxy groups -OCH3 is 1. The van der Waals surface area contributed by atoms with Gasteiger partial charge in [-0.2, -0.15) is 0 Å². The molecule has 0 amide bonds. The zero-order valence-corrected chi connectivity index (χ0v) is 11.9. The van der Waals surface area contributed by atoms with Crippen LogP contribution in [0.2, 0.25) is 0 Å². The van der Waals surface area contributed by atoms with Gasteiger partial charge in [0, 0.05) is 38.3 Å². The second kappa shape index (κ2) is 7.67. The number of hydrogen-bond donors (Lipinski definition) is 1. The number of benzene rings is 1. The molecule has 20 heavy (non-hydrogen) atoms. The normalized spacial score (nSPS) is 19.6. The lowest BCUT2D eigenvalue weighted by Gasteiger charge is -2.25. The van der Waals surface area contributed by atoms with E-state index in [-0.39, 0.29) is 11.6 Å². The minimum atomic E-state index is -0.379. The van der Waals surface area contributed by atoms with Crippen molar-refractivity contribution in [1.29, 1.82) is 0 Å². The van der Waals surface area contributed by atoms with E-state index >= 15 is 0 Å². The van der Waals surface area contributed by atoms with Gasteiger partial charge < -0.3 is 10.1 Å². The van der Waals surface area contributed by atoms with E-state index in [4.69, 9.17) is 4.74 Å². The minimum Gasteiger partial charge on any atom is -0.383 e. The summed E-state index contributed by atoms with van der Waals surface area (Å²) in [5.41, 5.74) is 0.439. The Balaban J connectivity index is 1.88. The average molecular weight is 284 g/mol. The van der Waals surface area contributed by atoms with Gasteiger partial charge in [0.2, 0.25) is 0 Å². The molecule has 112 valence electrons. The fourth-order valence-corrected chi connectivity index (χ4v) is 2.66. The summed E-state index contributed by atoms with van der Waals surface area (Å²) in [7, 11) is 1.68. The Morgan fingerprint density at radius 1 is 1.40 bits per heavy atom. The highest BCUT2D eigenvalue weighted by molar-refractivity contribution is 5.19. The van der Waals surface area contributed by atoms with Crippen LogP contribution in [-0.4, -0.2) is 44.3 Å². The molecule has 1 heterocycles. The van der Waals surface area contributed by atoms with Crippen LogP contribution in [-0.2, 0) is 11.3 Å². The molecule has 0 radical (unpaired) electrons. The number of rotatable bonds is 7. The topological polar surface area (TPSA) is 24.5 Å². The second-order valence-corrected chi connectivity index (χ2v) is 5.20. The second-order valence-electron chi connectivity index (χ2n) is 5.20. The van der Waals surface area contributed by atoms with Gasteiger partial charge in [-0.3, -0.25) is 4.90 Å². The monoisotopic (exact) mass is 284 g/mol. The van der Waals surface area contributed by atoms with E-state index in [1.54, 1.807) is 7.11 Å². The van der Waals surface area contributed by atoms with Crippen molar-refractivity contribution in [3.8, 4) is 0 Å². The Morgan fingerprint density at radius 2 is 2.25 bits per heavy atom. The number of nitrogens with zero attached hydrogens (tertiary/aromatic N) is 1. The standard InChI is InChI=1S/C15H22F2N2O/c1-20-8-6-18-10-14-3-2-7-19(14)11-12-9-13(16)4-5-15(12)17/h4-5,9,14,18H,2-3,6-8,10-11H2,1H3. The molecule has 1 atom stereocenters. The van der Waals surface area contributed by atoms with Gasteiger partial charge >= 0.3 is 0 Å². The molecular formula is C15H22F2N2O. The van der Waals surface area contributed by atoms with Crippen molar-refractivity contribution in [2.75, 3.05) is 33.4 Å². The van der Waals surface area contributed by atoms with Gasteiger partial charge in [-0.05, 0) is 37.6 Å². The fraction of sp³-hybridized carbons (Fsp3) is 0.600. The molecule has 0 bridgehead atoms. The van der Waals surface area contributed by atoms with Crippen LogP contribution >= 0.6 is 0 Å². The van der Waals surface area contributed by atoms with E-state index in [9.17, 15) is 8.78 Å². The zero-order chi connectivity index (χ0) is 14.4. The van der Waals surface area contributed by atoms with Gasteiger partial charge in [0.25, 0.3) is 0 Å². The average Bonchev–Trinajstić information content (AvgIpc) is 2.86. The van der Waals surface area contributed by atoms with E-state index in [1.807, 2.05) is 0 Å². The molecule has 3 nitrogen and oxygen atoms in total. The molecule has 0 aromatic heterocycles. The highest BCUT2D eigenvalue weighted by atomic mass is 19.1.